The fraction of sp³-hybridized carbons (Fsp3) is 0.333. The molecule has 0 unspecified atom stereocenters. The Hall–Kier alpha value is -1.90. The molecule has 0 saturated carbocycles. The van der Waals surface area contributed by atoms with Crippen LogP contribution in [0, 0.1) is 0 Å². The molecule has 1 heterocycles. The number of aryl methyl sites for hydroxylation is 1. The van der Waals surface area contributed by atoms with E-state index in [0.29, 0.717) is 6.54 Å². The predicted octanol–water partition coefficient (Wildman–Crippen LogP) is 2.53. The maximum absolute atomic E-state index is 12.1. The van der Waals surface area contributed by atoms with Crippen molar-refractivity contribution < 1.29 is 9.36 Å². The van der Waals surface area contributed by atoms with Gasteiger partial charge in [-0.1, -0.05) is 43.7 Å². The molecule has 3 nitrogen and oxygen atoms in total. The molecule has 0 saturated heterocycles. The summed E-state index contributed by atoms with van der Waals surface area (Å²) in [6.45, 7) is 2.58. The van der Waals surface area contributed by atoms with Gasteiger partial charge in [0.15, 0.2) is 6.54 Å². The number of aromatic nitrogens is 2. The second-order valence-corrected chi connectivity index (χ2v) is 4.43. The van der Waals surface area contributed by atoms with Crippen LogP contribution in [-0.4, -0.2) is 10.8 Å². The van der Waals surface area contributed by atoms with Crippen LogP contribution in [-0.2, 0) is 13.0 Å². The zero-order valence-electron chi connectivity index (χ0n) is 10.7. The van der Waals surface area contributed by atoms with Crippen LogP contribution in [0.2, 0.25) is 0 Å². The van der Waals surface area contributed by atoms with E-state index in [0.717, 1.165) is 30.7 Å². The average molecular weight is 243 g/mol. The fourth-order valence-corrected chi connectivity index (χ4v) is 1.97. The van der Waals surface area contributed by atoms with Crippen LogP contribution in [0.1, 0.15) is 35.9 Å². The van der Waals surface area contributed by atoms with Gasteiger partial charge < -0.3 is 0 Å². The number of hydrogen-bond acceptors (Lipinski definition) is 1. The smallest absolute Gasteiger partial charge is 0.254 e. The number of aromatic amines is 1. The molecule has 2 aromatic rings. The van der Waals surface area contributed by atoms with Crippen LogP contribution in [0.4, 0.5) is 0 Å². The van der Waals surface area contributed by atoms with Gasteiger partial charge in [-0.3, -0.25) is 4.79 Å². The molecular formula is C15H19N2O+. The highest BCUT2D eigenvalue weighted by Gasteiger charge is 2.14. The number of unbranched alkanes of at least 4 members (excludes halogenated alkanes) is 1. The largest absolute Gasteiger partial charge is 0.290 e. The van der Waals surface area contributed by atoms with E-state index in [1.807, 2.05) is 47.3 Å². The molecule has 1 aromatic carbocycles. The van der Waals surface area contributed by atoms with E-state index in [2.05, 4.69) is 11.9 Å². The van der Waals surface area contributed by atoms with Crippen LogP contribution in [0.15, 0.2) is 42.7 Å². The van der Waals surface area contributed by atoms with Gasteiger partial charge >= 0.3 is 0 Å². The quantitative estimate of drug-likeness (QED) is 0.614. The number of carbonyl (C=O) groups is 1. The summed E-state index contributed by atoms with van der Waals surface area (Å²) in [6, 6.07) is 9.44. The van der Waals surface area contributed by atoms with Crippen molar-refractivity contribution in [1.82, 2.24) is 4.98 Å². The third-order valence-electron chi connectivity index (χ3n) is 3.03. The van der Waals surface area contributed by atoms with Gasteiger partial charge in [0.1, 0.15) is 12.4 Å². The average Bonchev–Trinajstić information content (AvgIpc) is 2.84. The summed E-state index contributed by atoms with van der Waals surface area (Å²) in [5.74, 6) is 1.28. The molecule has 3 heteroatoms. The Labute approximate surface area is 107 Å². The molecule has 94 valence electrons. The number of nitrogens with zero attached hydrogens (tertiary/aromatic N) is 1. The molecule has 1 N–H and O–H groups in total. The standard InChI is InChI=1S/C15H18N2O/c1-2-3-9-15-16-10-11-17(15)12-14(18)13-7-5-4-6-8-13/h4-8,10-11H,2-3,9,12H2,1H3/p+1. The van der Waals surface area contributed by atoms with Crippen LogP contribution in [0.25, 0.3) is 0 Å². The van der Waals surface area contributed by atoms with Crippen LogP contribution in [0.5, 0.6) is 0 Å². The molecule has 0 atom stereocenters. The van der Waals surface area contributed by atoms with Gasteiger partial charge in [-0.25, -0.2) is 9.55 Å². The first-order chi connectivity index (χ1) is 8.81. The predicted molar refractivity (Wildman–Crippen MR) is 70.4 cm³/mol. The van der Waals surface area contributed by atoms with Gasteiger partial charge in [0.25, 0.3) is 5.82 Å². The van der Waals surface area contributed by atoms with Crippen molar-refractivity contribution in [2.45, 2.75) is 32.7 Å². The molecule has 1 aromatic heterocycles. The monoisotopic (exact) mass is 243 g/mol. The van der Waals surface area contributed by atoms with E-state index in [-0.39, 0.29) is 5.78 Å². The SMILES string of the molecule is CCCCc1[nH]cc[n+]1CC(=O)c1ccccc1. The first kappa shape index (κ1) is 12.6. The van der Waals surface area contributed by atoms with Crippen molar-refractivity contribution in [2.75, 3.05) is 0 Å². The van der Waals surface area contributed by atoms with Crippen molar-refractivity contribution in [3.05, 3.63) is 54.1 Å². The van der Waals surface area contributed by atoms with Crippen LogP contribution in [0.3, 0.4) is 0 Å². The molecule has 0 aliphatic rings. The summed E-state index contributed by atoms with van der Waals surface area (Å²) in [5.41, 5.74) is 0.771. The number of Topliss-reactive ketones (excluding diaryl/α,β-unsaturated/α-hetero) is 1. The summed E-state index contributed by atoms with van der Waals surface area (Å²) in [6.07, 6.45) is 7.12. The maximum atomic E-state index is 12.1. The van der Waals surface area contributed by atoms with E-state index in [1.165, 1.54) is 0 Å². The van der Waals surface area contributed by atoms with Gasteiger partial charge in [0, 0.05) is 12.0 Å². The van der Waals surface area contributed by atoms with E-state index < -0.39 is 0 Å². The Morgan fingerprint density at radius 2 is 2.06 bits per heavy atom. The van der Waals surface area contributed by atoms with Crippen molar-refractivity contribution in [3.8, 4) is 0 Å². The Bertz CT molecular complexity index is 502. The highest BCUT2D eigenvalue weighted by molar-refractivity contribution is 5.94. The molecule has 18 heavy (non-hydrogen) atoms. The van der Waals surface area contributed by atoms with Crippen molar-refractivity contribution in [2.24, 2.45) is 0 Å². The summed E-state index contributed by atoms with van der Waals surface area (Å²) in [4.78, 5) is 15.3. The number of rotatable bonds is 6. The summed E-state index contributed by atoms with van der Waals surface area (Å²) >= 11 is 0. The van der Waals surface area contributed by atoms with Crippen LogP contribution >= 0.6 is 0 Å². The van der Waals surface area contributed by atoms with Gasteiger partial charge in [-0.05, 0) is 6.42 Å². The lowest BCUT2D eigenvalue weighted by Crippen LogP contribution is -2.40. The molecule has 0 fully saturated rings. The Morgan fingerprint density at radius 3 is 2.78 bits per heavy atom. The molecule has 0 radical (unpaired) electrons. The second-order valence-electron chi connectivity index (χ2n) is 4.43. The fourth-order valence-electron chi connectivity index (χ4n) is 1.97. The first-order valence-electron chi connectivity index (χ1n) is 6.45. The second kappa shape index (κ2) is 6.15. The van der Waals surface area contributed by atoms with E-state index >= 15 is 0 Å². The lowest BCUT2D eigenvalue weighted by atomic mass is 10.1. The maximum Gasteiger partial charge on any atom is 0.254 e. The lowest BCUT2D eigenvalue weighted by Gasteiger charge is -2.01. The molecule has 2 rings (SSSR count). The molecular weight excluding hydrogens is 224 g/mol. The number of nitrogens with one attached hydrogen (secondary N) is 1. The summed E-state index contributed by atoms with van der Waals surface area (Å²) in [7, 11) is 0. The van der Waals surface area contributed by atoms with Gasteiger partial charge in [0.05, 0.1) is 0 Å². The van der Waals surface area contributed by atoms with Crippen molar-refractivity contribution in [3.63, 3.8) is 0 Å². The Morgan fingerprint density at radius 1 is 1.28 bits per heavy atom. The third kappa shape index (κ3) is 3.06. The number of ketones is 1. The number of benzene rings is 1. The first-order valence-corrected chi connectivity index (χ1v) is 6.45. The highest BCUT2D eigenvalue weighted by Crippen LogP contribution is 2.01. The molecule has 0 spiro atoms. The minimum Gasteiger partial charge on any atom is -0.290 e. The third-order valence-corrected chi connectivity index (χ3v) is 3.03. The Kier molecular flexibility index (Phi) is 4.29. The summed E-state index contributed by atoms with van der Waals surface area (Å²) < 4.78 is 2.00. The molecule has 0 bridgehead atoms. The number of imidazole rings is 1. The van der Waals surface area contributed by atoms with Gasteiger partial charge in [-0.15, -0.1) is 0 Å². The van der Waals surface area contributed by atoms with E-state index in [4.69, 9.17) is 0 Å². The van der Waals surface area contributed by atoms with Gasteiger partial charge in [-0.2, -0.15) is 0 Å². The number of H-pyrrole nitrogens is 1. The Balaban J connectivity index is 2.05. The number of carbonyl (C=O) groups excluding carboxylic acids is 1. The van der Waals surface area contributed by atoms with Crippen LogP contribution < -0.4 is 4.57 Å². The van der Waals surface area contributed by atoms with Crippen molar-refractivity contribution >= 4 is 5.78 Å². The number of hydrogen-bond donors (Lipinski definition) is 1. The lowest BCUT2D eigenvalue weighted by molar-refractivity contribution is -0.689. The van der Waals surface area contributed by atoms with E-state index in [1.54, 1.807) is 0 Å². The highest BCUT2D eigenvalue weighted by atomic mass is 16.1. The zero-order valence-corrected chi connectivity index (χ0v) is 10.7. The summed E-state index contributed by atoms with van der Waals surface area (Å²) in [5, 5.41) is 0. The minimum absolute atomic E-state index is 0.151. The minimum atomic E-state index is 0.151. The molecule has 0 aliphatic carbocycles. The normalized spacial score (nSPS) is 10.5. The van der Waals surface area contributed by atoms with Crippen molar-refractivity contribution in [1.29, 1.82) is 0 Å². The molecule has 0 aliphatic heterocycles. The van der Waals surface area contributed by atoms with E-state index in [9.17, 15) is 4.79 Å². The van der Waals surface area contributed by atoms with Gasteiger partial charge in [0.2, 0.25) is 5.78 Å². The molecule has 0 amide bonds. The zero-order chi connectivity index (χ0) is 12.8. The topological polar surface area (TPSA) is 36.7 Å².